The molecule has 2 heterocycles. The predicted molar refractivity (Wildman–Crippen MR) is 143 cm³/mol. The third kappa shape index (κ3) is 5.19. The van der Waals surface area contributed by atoms with Crippen molar-refractivity contribution in [1.82, 2.24) is 4.98 Å². The maximum absolute atomic E-state index is 8.53. The van der Waals surface area contributed by atoms with E-state index < -0.39 is 0 Å². The number of nitrogens with one attached hydrogen (secondary N) is 2. The Balaban J connectivity index is 1.16. The Morgan fingerprint density at radius 2 is 2.03 bits per heavy atom. The summed E-state index contributed by atoms with van der Waals surface area (Å²) in [5, 5.41) is 8.53. The van der Waals surface area contributed by atoms with Crippen LogP contribution in [-0.4, -0.2) is 23.5 Å². The van der Waals surface area contributed by atoms with Gasteiger partial charge in [-0.1, -0.05) is 61.1 Å². The average Bonchev–Trinajstić information content (AvgIpc) is 3.63. The highest BCUT2D eigenvalue weighted by Gasteiger charge is 2.28. The molecule has 1 aromatic rings. The smallest absolute Gasteiger partial charge is 0.0407 e. The molecule has 0 spiro atoms. The number of aromatic amines is 1. The van der Waals surface area contributed by atoms with E-state index in [9.17, 15) is 0 Å². The van der Waals surface area contributed by atoms with Gasteiger partial charge in [-0.3, -0.25) is 4.99 Å². The summed E-state index contributed by atoms with van der Waals surface area (Å²) in [5.74, 6) is 3.57. The number of rotatable bonds is 8. The lowest BCUT2D eigenvalue weighted by atomic mass is 9.72. The molecule has 0 radical (unpaired) electrons. The molecule has 0 saturated carbocycles. The van der Waals surface area contributed by atoms with Gasteiger partial charge in [-0.2, -0.15) is 0 Å². The first-order chi connectivity index (χ1) is 16.7. The van der Waals surface area contributed by atoms with Crippen molar-refractivity contribution in [3.63, 3.8) is 0 Å². The first-order valence-electron chi connectivity index (χ1n) is 13.4. The molecule has 0 saturated heterocycles. The summed E-state index contributed by atoms with van der Waals surface area (Å²) in [6.45, 7) is 3.28. The van der Waals surface area contributed by atoms with Gasteiger partial charge in [-0.15, -0.1) is 0 Å². The first-order valence-corrected chi connectivity index (χ1v) is 13.4. The minimum absolute atomic E-state index is 0.463. The van der Waals surface area contributed by atoms with Gasteiger partial charge in [0.15, 0.2) is 0 Å². The molecule has 3 heteroatoms. The van der Waals surface area contributed by atoms with Gasteiger partial charge < -0.3 is 10.4 Å². The topological polar surface area (TPSA) is 52.0 Å². The number of aliphatic imine (C=N–C) groups is 1. The van der Waals surface area contributed by atoms with E-state index in [1.165, 1.54) is 36.8 Å². The number of allylic oxidation sites excluding steroid dienone is 10. The Kier molecular flexibility index (Phi) is 7.27. The number of nitrogens with zero attached hydrogens (tertiary/aromatic N) is 1. The van der Waals surface area contributed by atoms with Gasteiger partial charge >= 0.3 is 0 Å². The number of H-pyrrole nitrogens is 1. The lowest BCUT2D eigenvalue weighted by molar-refractivity contribution is 0.380. The van der Waals surface area contributed by atoms with Crippen LogP contribution in [0.5, 0.6) is 0 Å². The second-order valence-corrected chi connectivity index (χ2v) is 10.6. The number of hydrogen-bond donors (Lipinski definition) is 2. The molecular weight excluding hydrogens is 414 g/mol. The molecule has 5 unspecified atom stereocenters. The highest BCUT2D eigenvalue weighted by molar-refractivity contribution is 5.98. The molecule has 1 aromatic heterocycles. The minimum Gasteiger partial charge on any atom is -0.367 e. The maximum Gasteiger partial charge on any atom is 0.0407 e. The molecule has 0 aromatic carbocycles. The van der Waals surface area contributed by atoms with Crippen molar-refractivity contribution < 1.29 is 0 Å². The van der Waals surface area contributed by atoms with Crippen molar-refractivity contribution in [2.45, 2.75) is 51.9 Å². The minimum atomic E-state index is 0.463. The molecule has 0 amide bonds. The van der Waals surface area contributed by atoms with Crippen LogP contribution in [0.15, 0.2) is 83.2 Å². The molecule has 1 aliphatic heterocycles. The van der Waals surface area contributed by atoms with Crippen molar-refractivity contribution in [2.75, 3.05) is 6.54 Å². The SMILES string of the molecule is CCC(CC(=N)c1cc[nH]c1)C1=CC=C[C@@H](C2C=CC(C3=CCC(C4C=NCC4)C=C3)CC2)C1. The second kappa shape index (κ2) is 10.7. The molecule has 2 N–H and O–H groups in total. The highest BCUT2D eigenvalue weighted by Crippen LogP contribution is 2.40. The third-order valence-electron chi connectivity index (χ3n) is 8.53. The van der Waals surface area contributed by atoms with E-state index in [1.807, 2.05) is 18.5 Å². The van der Waals surface area contributed by atoms with Crippen LogP contribution in [0, 0.1) is 40.9 Å². The maximum atomic E-state index is 8.53. The van der Waals surface area contributed by atoms with Crippen LogP contribution in [0.1, 0.15) is 57.4 Å². The standard InChI is InChI=1S/C31H39N3/c1-2-22(19-31(32)30-15-17-34-21-30)27-4-3-5-28(18-27)25-10-6-23(7-11-25)24-8-12-26(13-9-24)29-14-16-33-20-29/h3-6,8-10,12,15,17,20-23,25-26,28-29,32,34H,2,7,11,13-14,16,18-19H2,1H3/t22?,23?,25?,26?,28-,29?/m1/s1. The van der Waals surface area contributed by atoms with Gasteiger partial charge in [0.2, 0.25) is 0 Å². The summed E-state index contributed by atoms with van der Waals surface area (Å²) >= 11 is 0. The summed E-state index contributed by atoms with van der Waals surface area (Å²) in [4.78, 5) is 7.52. The van der Waals surface area contributed by atoms with E-state index in [1.54, 1.807) is 0 Å². The highest BCUT2D eigenvalue weighted by atomic mass is 14.7. The molecule has 34 heavy (non-hydrogen) atoms. The summed E-state index contributed by atoms with van der Waals surface area (Å²) in [7, 11) is 0. The molecule has 5 rings (SSSR count). The lowest BCUT2D eigenvalue weighted by Gasteiger charge is -2.33. The van der Waals surface area contributed by atoms with E-state index in [2.05, 4.69) is 71.7 Å². The van der Waals surface area contributed by atoms with Crippen molar-refractivity contribution in [1.29, 1.82) is 5.41 Å². The average molecular weight is 454 g/mol. The van der Waals surface area contributed by atoms with Crippen LogP contribution in [0.25, 0.3) is 0 Å². The van der Waals surface area contributed by atoms with E-state index in [0.717, 1.165) is 37.1 Å². The van der Waals surface area contributed by atoms with Gasteiger partial charge in [0.05, 0.1) is 0 Å². The van der Waals surface area contributed by atoms with Crippen molar-refractivity contribution in [3.8, 4) is 0 Å². The molecule has 3 aliphatic carbocycles. The quantitative estimate of drug-likeness (QED) is 0.303. The molecule has 4 aliphatic rings. The molecule has 6 atom stereocenters. The normalized spacial score (nSPS) is 31.4. The van der Waals surface area contributed by atoms with Crippen LogP contribution < -0.4 is 0 Å². The van der Waals surface area contributed by atoms with Gasteiger partial charge in [-0.05, 0) is 80.3 Å². The Bertz CT molecular complexity index is 1030. The number of hydrogen-bond acceptors (Lipinski definition) is 2. The van der Waals surface area contributed by atoms with E-state index >= 15 is 0 Å². The molecule has 178 valence electrons. The largest absolute Gasteiger partial charge is 0.367 e. The molecule has 0 fully saturated rings. The summed E-state index contributed by atoms with van der Waals surface area (Å²) in [6.07, 6.45) is 33.4. The van der Waals surface area contributed by atoms with Gasteiger partial charge in [0.25, 0.3) is 0 Å². The molecule has 0 bridgehead atoms. The summed E-state index contributed by atoms with van der Waals surface area (Å²) < 4.78 is 0. The van der Waals surface area contributed by atoms with E-state index in [-0.39, 0.29) is 0 Å². The van der Waals surface area contributed by atoms with Gasteiger partial charge in [0.1, 0.15) is 0 Å². The van der Waals surface area contributed by atoms with Crippen LogP contribution in [0.2, 0.25) is 0 Å². The fourth-order valence-electron chi connectivity index (χ4n) is 6.29. The predicted octanol–water partition coefficient (Wildman–Crippen LogP) is 7.48. The van der Waals surface area contributed by atoms with Crippen LogP contribution in [-0.2, 0) is 0 Å². The van der Waals surface area contributed by atoms with Gasteiger partial charge in [-0.25, -0.2) is 0 Å². The fourth-order valence-corrected chi connectivity index (χ4v) is 6.29. The fraction of sp³-hybridized carbons (Fsp3) is 0.484. The van der Waals surface area contributed by atoms with Crippen LogP contribution >= 0.6 is 0 Å². The lowest BCUT2D eigenvalue weighted by Crippen LogP contribution is -2.21. The zero-order chi connectivity index (χ0) is 23.3. The van der Waals surface area contributed by atoms with E-state index in [0.29, 0.717) is 35.5 Å². The van der Waals surface area contributed by atoms with Gasteiger partial charge in [0, 0.05) is 48.3 Å². The number of aromatic nitrogens is 1. The van der Waals surface area contributed by atoms with Crippen LogP contribution in [0.3, 0.4) is 0 Å². The third-order valence-corrected chi connectivity index (χ3v) is 8.53. The Hall–Kier alpha value is -2.68. The Labute approximate surface area is 205 Å². The zero-order valence-electron chi connectivity index (χ0n) is 20.5. The van der Waals surface area contributed by atoms with Crippen molar-refractivity contribution in [3.05, 3.63) is 83.8 Å². The molecular formula is C31H39N3. The molecule has 3 nitrogen and oxygen atoms in total. The van der Waals surface area contributed by atoms with E-state index in [4.69, 9.17) is 5.41 Å². The van der Waals surface area contributed by atoms with Crippen LogP contribution in [0.4, 0.5) is 0 Å². The summed E-state index contributed by atoms with van der Waals surface area (Å²) in [6, 6.07) is 2.01. The monoisotopic (exact) mass is 453 g/mol. The Morgan fingerprint density at radius 3 is 2.71 bits per heavy atom. The van der Waals surface area contributed by atoms with Crippen molar-refractivity contribution in [2.24, 2.45) is 40.5 Å². The zero-order valence-corrected chi connectivity index (χ0v) is 20.5. The van der Waals surface area contributed by atoms with Crippen molar-refractivity contribution >= 4 is 11.9 Å². The first kappa shape index (κ1) is 23.1. The Morgan fingerprint density at radius 1 is 1.09 bits per heavy atom. The summed E-state index contributed by atoms with van der Waals surface area (Å²) in [5.41, 5.74) is 4.83. The second-order valence-electron chi connectivity index (χ2n) is 10.6.